The minimum atomic E-state index is 0.327. The fourth-order valence-electron chi connectivity index (χ4n) is 2.89. The van der Waals surface area contributed by atoms with Crippen LogP contribution in [0, 0.1) is 0 Å². The van der Waals surface area contributed by atoms with Crippen molar-refractivity contribution < 1.29 is 4.74 Å². The molecule has 3 rings (SSSR count). The van der Waals surface area contributed by atoms with E-state index in [-0.39, 0.29) is 0 Å². The summed E-state index contributed by atoms with van der Waals surface area (Å²) >= 11 is 9.01. The molecule has 2 nitrogen and oxygen atoms in total. The summed E-state index contributed by atoms with van der Waals surface area (Å²) in [5.41, 5.74) is 1.32. The van der Waals surface area contributed by atoms with Crippen LogP contribution in [0.25, 0.3) is 0 Å². The van der Waals surface area contributed by atoms with Gasteiger partial charge in [0.1, 0.15) is 5.75 Å². The molecule has 0 saturated heterocycles. The van der Waals surface area contributed by atoms with Crippen LogP contribution in [0.4, 0.5) is 0 Å². The van der Waals surface area contributed by atoms with E-state index in [9.17, 15) is 0 Å². The van der Waals surface area contributed by atoms with E-state index >= 15 is 0 Å². The molecule has 0 radical (unpaired) electrons. The average Bonchev–Trinajstić information content (AvgIpc) is 2.84. The smallest absolute Gasteiger partial charge is 0.122 e. The second-order valence-electron chi connectivity index (χ2n) is 5.09. The zero-order chi connectivity index (χ0) is 14.8. The molecule has 1 aromatic heterocycles. The molecule has 2 unspecified atom stereocenters. The Balaban J connectivity index is 1.98. The molecule has 1 N–H and O–H groups in total. The van der Waals surface area contributed by atoms with Gasteiger partial charge in [0, 0.05) is 21.3 Å². The summed E-state index contributed by atoms with van der Waals surface area (Å²) in [6.07, 6.45) is 1.04. The molecule has 1 aromatic carbocycles. The maximum atomic E-state index is 5.80. The van der Waals surface area contributed by atoms with Crippen LogP contribution in [-0.2, 0) is 0 Å². The molecule has 0 bridgehead atoms. The lowest BCUT2D eigenvalue weighted by Gasteiger charge is -2.32. The first kappa shape index (κ1) is 15.5. The Morgan fingerprint density at radius 2 is 2.19 bits per heavy atom. The van der Waals surface area contributed by atoms with E-state index in [1.807, 2.05) is 6.07 Å². The van der Waals surface area contributed by atoms with Crippen molar-refractivity contribution >= 4 is 43.2 Å². The highest BCUT2D eigenvalue weighted by atomic mass is 79.9. The number of nitrogens with one attached hydrogen (secondary N) is 1. The summed E-state index contributed by atoms with van der Waals surface area (Å²) in [6, 6.07) is 11.0. The van der Waals surface area contributed by atoms with Crippen LogP contribution < -0.4 is 10.1 Å². The monoisotopic (exact) mass is 429 g/mol. The predicted molar refractivity (Wildman–Crippen MR) is 95.4 cm³/mol. The molecule has 0 amide bonds. The Morgan fingerprint density at radius 3 is 2.90 bits per heavy atom. The second kappa shape index (κ2) is 6.82. The van der Waals surface area contributed by atoms with Crippen molar-refractivity contribution in [3.8, 4) is 5.75 Å². The van der Waals surface area contributed by atoms with E-state index in [1.54, 1.807) is 11.3 Å². The summed E-state index contributed by atoms with van der Waals surface area (Å²) in [7, 11) is 0. The summed E-state index contributed by atoms with van der Waals surface area (Å²) in [5.74, 6) is 1.48. The van der Waals surface area contributed by atoms with Gasteiger partial charge >= 0.3 is 0 Å². The number of para-hydroxylation sites is 1. The molecule has 0 aliphatic carbocycles. The maximum absolute atomic E-state index is 5.80. The van der Waals surface area contributed by atoms with Gasteiger partial charge in [-0.3, -0.25) is 0 Å². The van der Waals surface area contributed by atoms with Crippen molar-refractivity contribution in [2.45, 2.75) is 25.3 Å². The van der Waals surface area contributed by atoms with Crippen LogP contribution in [-0.4, -0.2) is 13.2 Å². The molecule has 2 heterocycles. The molecular formula is C16H17Br2NOS. The molecule has 0 saturated carbocycles. The Kier molecular flexibility index (Phi) is 5.04. The lowest BCUT2D eigenvalue weighted by Crippen LogP contribution is -2.29. The topological polar surface area (TPSA) is 21.3 Å². The minimum Gasteiger partial charge on any atom is -0.493 e. The first-order valence-corrected chi connectivity index (χ1v) is 9.50. The van der Waals surface area contributed by atoms with E-state index < -0.39 is 0 Å². The number of halogens is 2. The molecule has 21 heavy (non-hydrogen) atoms. The highest BCUT2D eigenvalue weighted by Gasteiger charge is 2.30. The Labute approximate surface area is 146 Å². The third-order valence-electron chi connectivity index (χ3n) is 3.80. The van der Waals surface area contributed by atoms with Gasteiger partial charge in [0.2, 0.25) is 0 Å². The van der Waals surface area contributed by atoms with Crippen LogP contribution in [0.1, 0.15) is 35.7 Å². The summed E-state index contributed by atoms with van der Waals surface area (Å²) in [4.78, 5) is 1.36. The van der Waals surface area contributed by atoms with Crippen molar-refractivity contribution in [3.63, 3.8) is 0 Å². The number of ether oxygens (including phenoxy) is 1. The molecule has 0 spiro atoms. The van der Waals surface area contributed by atoms with Gasteiger partial charge in [-0.05, 0) is 62.5 Å². The van der Waals surface area contributed by atoms with Crippen LogP contribution in [0.15, 0.2) is 38.6 Å². The van der Waals surface area contributed by atoms with Gasteiger partial charge in [-0.2, -0.15) is 0 Å². The summed E-state index contributed by atoms with van der Waals surface area (Å²) < 4.78 is 8.09. The molecule has 1 aliphatic rings. The van der Waals surface area contributed by atoms with Crippen LogP contribution in [0.5, 0.6) is 5.75 Å². The summed E-state index contributed by atoms with van der Waals surface area (Å²) in [5, 5.41) is 3.66. The van der Waals surface area contributed by atoms with Gasteiger partial charge < -0.3 is 10.1 Å². The summed E-state index contributed by atoms with van der Waals surface area (Å²) in [6.45, 7) is 3.91. The van der Waals surface area contributed by atoms with Crippen molar-refractivity contribution in [2.24, 2.45) is 0 Å². The fraction of sp³-hybridized carbons (Fsp3) is 0.375. The molecule has 2 aromatic rings. The predicted octanol–water partition coefficient (Wildman–Crippen LogP) is 5.49. The van der Waals surface area contributed by atoms with Crippen molar-refractivity contribution in [1.29, 1.82) is 0 Å². The standard InChI is InChI=1S/C16H17Br2NOS/c1-2-19-15(14-9-12(17)16(18)21-14)11-7-8-20-13-6-4-3-5-10(11)13/h3-6,9,11,15,19H,2,7-8H2,1H3. The number of thiophene rings is 1. The van der Waals surface area contributed by atoms with E-state index in [0.717, 1.165) is 33.6 Å². The minimum absolute atomic E-state index is 0.327. The SMILES string of the molecule is CCNC(c1cc(Br)c(Br)s1)C1CCOc2ccccc21. The normalized spacial score (nSPS) is 18.9. The second-order valence-corrected chi connectivity index (χ2v) is 8.34. The van der Waals surface area contributed by atoms with Gasteiger partial charge in [0.15, 0.2) is 0 Å². The van der Waals surface area contributed by atoms with E-state index in [0.29, 0.717) is 12.0 Å². The Bertz CT molecular complexity index is 609. The van der Waals surface area contributed by atoms with Crippen LogP contribution >= 0.6 is 43.2 Å². The van der Waals surface area contributed by atoms with Gasteiger partial charge in [-0.1, -0.05) is 25.1 Å². The molecular weight excluding hydrogens is 414 g/mol. The molecule has 112 valence electrons. The number of likely N-dealkylation sites (N-methyl/N-ethyl adjacent to an activating group) is 1. The maximum Gasteiger partial charge on any atom is 0.122 e. The first-order valence-electron chi connectivity index (χ1n) is 7.10. The van der Waals surface area contributed by atoms with Gasteiger partial charge in [0.05, 0.1) is 10.4 Å². The van der Waals surface area contributed by atoms with Gasteiger partial charge in [-0.15, -0.1) is 11.3 Å². The molecule has 5 heteroatoms. The van der Waals surface area contributed by atoms with Crippen molar-refractivity contribution in [2.75, 3.05) is 13.2 Å². The molecule has 0 fully saturated rings. The van der Waals surface area contributed by atoms with E-state index in [1.165, 1.54) is 10.4 Å². The zero-order valence-electron chi connectivity index (χ0n) is 11.7. The lowest BCUT2D eigenvalue weighted by molar-refractivity contribution is 0.247. The van der Waals surface area contributed by atoms with Gasteiger partial charge in [-0.25, -0.2) is 0 Å². The van der Waals surface area contributed by atoms with Gasteiger partial charge in [0.25, 0.3) is 0 Å². The van der Waals surface area contributed by atoms with Crippen LogP contribution in [0.3, 0.4) is 0 Å². The average molecular weight is 431 g/mol. The number of hydrogen-bond acceptors (Lipinski definition) is 3. The highest BCUT2D eigenvalue weighted by Crippen LogP contribution is 2.45. The lowest BCUT2D eigenvalue weighted by atomic mass is 9.86. The quantitative estimate of drug-likeness (QED) is 0.692. The van der Waals surface area contributed by atoms with E-state index in [4.69, 9.17) is 4.74 Å². The molecule has 2 atom stereocenters. The molecule has 1 aliphatic heterocycles. The van der Waals surface area contributed by atoms with Crippen molar-refractivity contribution in [1.82, 2.24) is 5.32 Å². The van der Waals surface area contributed by atoms with E-state index in [2.05, 4.69) is 68.4 Å². The zero-order valence-corrected chi connectivity index (χ0v) is 15.7. The Morgan fingerprint density at radius 1 is 1.38 bits per heavy atom. The van der Waals surface area contributed by atoms with Crippen LogP contribution in [0.2, 0.25) is 0 Å². The third-order valence-corrected chi connectivity index (χ3v) is 7.14. The Hall–Kier alpha value is -0.360. The third kappa shape index (κ3) is 3.21. The number of fused-ring (bicyclic) bond motifs is 1. The highest BCUT2D eigenvalue weighted by molar-refractivity contribution is 9.13. The number of hydrogen-bond donors (Lipinski definition) is 1. The largest absolute Gasteiger partial charge is 0.493 e. The number of rotatable bonds is 4. The first-order chi connectivity index (χ1) is 10.2. The number of benzene rings is 1. The van der Waals surface area contributed by atoms with Crippen molar-refractivity contribution in [3.05, 3.63) is 49.0 Å². The fourth-order valence-corrected chi connectivity index (χ4v) is 5.12.